The lowest BCUT2D eigenvalue weighted by atomic mass is 9.81. The number of amides is 1. The number of carbonyl (C=O) groups excluding carboxylic acids is 1. The summed E-state index contributed by atoms with van der Waals surface area (Å²) in [7, 11) is 0. The third-order valence-electron chi connectivity index (χ3n) is 4.38. The van der Waals surface area contributed by atoms with Gasteiger partial charge in [0.25, 0.3) is 0 Å². The molecule has 0 aromatic heterocycles. The quantitative estimate of drug-likeness (QED) is 0.929. The summed E-state index contributed by atoms with van der Waals surface area (Å²) in [5.74, 6) is -1.21. The van der Waals surface area contributed by atoms with Gasteiger partial charge in [0, 0.05) is 18.1 Å². The van der Waals surface area contributed by atoms with E-state index < -0.39 is 17.3 Å². The number of aliphatic carboxylic acids is 1. The first-order valence-electron chi connectivity index (χ1n) is 7.50. The summed E-state index contributed by atoms with van der Waals surface area (Å²) >= 11 is 6.23. The Morgan fingerprint density at radius 1 is 1.27 bits per heavy atom. The van der Waals surface area contributed by atoms with Crippen LogP contribution < -0.4 is 0 Å². The third kappa shape index (κ3) is 3.27. The van der Waals surface area contributed by atoms with Crippen molar-refractivity contribution < 1.29 is 14.7 Å². The summed E-state index contributed by atoms with van der Waals surface area (Å²) < 4.78 is 0. The smallest absolute Gasteiger partial charge is 0.308 e. The normalized spacial score (nSPS) is 22.5. The fraction of sp³-hybridized carbons (Fsp3) is 0.529. The Morgan fingerprint density at radius 3 is 2.50 bits per heavy atom. The molecule has 1 saturated heterocycles. The summed E-state index contributed by atoms with van der Waals surface area (Å²) in [6.07, 6.45) is 0.617. The highest BCUT2D eigenvalue weighted by Crippen LogP contribution is 2.33. The lowest BCUT2D eigenvalue weighted by Crippen LogP contribution is -2.51. The van der Waals surface area contributed by atoms with E-state index in [4.69, 9.17) is 11.6 Å². The van der Waals surface area contributed by atoms with E-state index in [1.807, 2.05) is 39.0 Å². The number of halogens is 1. The van der Waals surface area contributed by atoms with Gasteiger partial charge in [-0.15, -0.1) is 0 Å². The zero-order valence-electron chi connectivity index (χ0n) is 13.2. The van der Waals surface area contributed by atoms with Crippen LogP contribution in [0.2, 0.25) is 5.02 Å². The van der Waals surface area contributed by atoms with Crippen LogP contribution in [0.1, 0.15) is 32.8 Å². The molecule has 0 bridgehead atoms. The van der Waals surface area contributed by atoms with Crippen molar-refractivity contribution in [1.82, 2.24) is 4.90 Å². The second-order valence-corrected chi connectivity index (χ2v) is 7.10. The predicted molar refractivity (Wildman–Crippen MR) is 86.0 cm³/mol. The van der Waals surface area contributed by atoms with E-state index in [1.54, 1.807) is 11.0 Å². The van der Waals surface area contributed by atoms with Crippen molar-refractivity contribution in [1.29, 1.82) is 0 Å². The molecule has 120 valence electrons. The van der Waals surface area contributed by atoms with E-state index in [0.29, 0.717) is 18.0 Å². The van der Waals surface area contributed by atoms with Crippen LogP contribution in [0.15, 0.2) is 24.3 Å². The van der Waals surface area contributed by atoms with E-state index in [9.17, 15) is 14.7 Å². The molecule has 0 radical (unpaired) electrons. The van der Waals surface area contributed by atoms with Gasteiger partial charge in [0.15, 0.2) is 0 Å². The summed E-state index contributed by atoms with van der Waals surface area (Å²) in [5.41, 5.74) is -0.00915. The number of rotatable bonds is 3. The molecule has 1 aliphatic rings. The molecule has 0 spiro atoms. The maximum atomic E-state index is 13.0. The highest BCUT2D eigenvalue weighted by atomic mass is 35.5. The van der Waals surface area contributed by atoms with E-state index >= 15 is 0 Å². The lowest BCUT2D eigenvalue weighted by molar-refractivity contribution is -0.148. The standard InChI is InChI=1S/C17H22ClNO3/c1-11-8-12(15(20)21)10-19(9-11)16(22)17(2,3)13-6-4-5-7-14(13)18/h4-7,11-12H,8-10H2,1-3H3,(H,20,21). The Morgan fingerprint density at radius 2 is 1.91 bits per heavy atom. The van der Waals surface area contributed by atoms with Gasteiger partial charge in [-0.2, -0.15) is 0 Å². The van der Waals surface area contributed by atoms with Gasteiger partial charge >= 0.3 is 5.97 Å². The Balaban J connectivity index is 2.26. The second-order valence-electron chi connectivity index (χ2n) is 6.69. The highest BCUT2D eigenvalue weighted by molar-refractivity contribution is 6.31. The molecule has 5 heteroatoms. The van der Waals surface area contributed by atoms with Crippen molar-refractivity contribution in [3.63, 3.8) is 0 Å². The fourth-order valence-corrected chi connectivity index (χ4v) is 3.55. The summed E-state index contributed by atoms with van der Waals surface area (Å²) in [4.78, 5) is 25.9. The topological polar surface area (TPSA) is 57.6 Å². The average molecular weight is 324 g/mol. The average Bonchev–Trinajstić information content (AvgIpc) is 2.46. The van der Waals surface area contributed by atoms with E-state index in [0.717, 1.165) is 5.56 Å². The van der Waals surface area contributed by atoms with Gasteiger partial charge in [0.2, 0.25) is 5.91 Å². The lowest BCUT2D eigenvalue weighted by Gasteiger charge is -2.39. The molecule has 1 aromatic rings. The van der Waals surface area contributed by atoms with Crippen LogP contribution >= 0.6 is 11.6 Å². The number of hydrogen-bond acceptors (Lipinski definition) is 2. The minimum Gasteiger partial charge on any atom is -0.481 e. The first-order valence-corrected chi connectivity index (χ1v) is 7.88. The van der Waals surface area contributed by atoms with Crippen molar-refractivity contribution in [2.24, 2.45) is 11.8 Å². The molecule has 1 amide bonds. The van der Waals surface area contributed by atoms with Crippen LogP contribution in [-0.2, 0) is 15.0 Å². The van der Waals surface area contributed by atoms with Gasteiger partial charge < -0.3 is 10.0 Å². The fourth-order valence-electron chi connectivity index (χ4n) is 3.17. The first-order chi connectivity index (χ1) is 10.2. The van der Waals surface area contributed by atoms with Crippen LogP contribution in [0.4, 0.5) is 0 Å². The Bertz CT molecular complexity index is 585. The maximum Gasteiger partial charge on any atom is 0.308 e. The number of likely N-dealkylation sites (tertiary alicyclic amines) is 1. The molecule has 1 N–H and O–H groups in total. The zero-order chi connectivity index (χ0) is 16.5. The van der Waals surface area contributed by atoms with Crippen molar-refractivity contribution in [3.8, 4) is 0 Å². The van der Waals surface area contributed by atoms with Gasteiger partial charge in [-0.1, -0.05) is 36.7 Å². The molecule has 2 unspecified atom stereocenters. The van der Waals surface area contributed by atoms with Gasteiger partial charge in [-0.25, -0.2) is 0 Å². The number of carbonyl (C=O) groups is 2. The number of benzene rings is 1. The molecule has 2 rings (SSSR count). The molecule has 22 heavy (non-hydrogen) atoms. The number of carboxylic acid groups (broad SMARTS) is 1. The first kappa shape index (κ1) is 16.8. The monoisotopic (exact) mass is 323 g/mol. The van der Waals surface area contributed by atoms with Crippen molar-refractivity contribution in [2.45, 2.75) is 32.6 Å². The van der Waals surface area contributed by atoms with E-state index in [1.165, 1.54) is 0 Å². The van der Waals surface area contributed by atoms with Crippen LogP contribution in [-0.4, -0.2) is 35.0 Å². The molecule has 0 saturated carbocycles. The second kappa shape index (κ2) is 6.29. The number of piperidine rings is 1. The summed E-state index contributed by atoms with van der Waals surface area (Å²) in [5, 5.41) is 9.82. The van der Waals surface area contributed by atoms with Crippen LogP contribution in [0.25, 0.3) is 0 Å². The van der Waals surface area contributed by atoms with E-state index in [-0.39, 0.29) is 18.4 Å². The SMILES string of the molecule is CC1CC(C(=O)O)CN(C(=O)C(C)(C)c2ccccc2Cl)C1. The van der Waals surface area contributed by atoms with Gasteiger partial charge in [-0.05, 0) is 37.8 Å². The van der Waals surface area contributed by atoms with Gasteiger partial charge in [0.1, 0.15) is 0 Å². The zero-order valence-corrected chi connectivity index (χ0v) is 13.9. The largest absolute Gasteiger partial charge is 0.481 e. The summed E-state index contributed by atoms with van der Waals surface area (Å²) in [6.45, 7) is 6.53. The number of hydrogen-bond donors (Lipinski definition) is 1. The minimum absolute atomic E-state index is 0.0709. The maximum absolute atomic E-state index is 13.0. The molecule has 2 atom stereocenters. The predicted octanol–water partition coefficient (Wildman–Crippen LogP) is 3.19. The van der Waals surface area contributed by atoms with Crippen molar-refractivity contribution in [2.75, 3.05) is 13.1 Å². The van der Waals surface area contributed by atoms with Crippen molar-refractivity contribution >= 4 is 23.5 Å². The Labute approximate surface area is 136 Å². The van der Waals surface area contributed by atoms with Crippen molar-refractivity contribution in [3.05, 3.63) is 34.9 Å². The molecular formula is C17H22ClNO3. The Kier molecular flexibility index (Phi) is 4.81. The summed E-state index contributed by atoms with van der Waals surface area (Å²) in [6, 6.07) is 7.30. The molecular weight excluding hydrogens is 302 g/mol. The molecule has 1 fully saturated rings. The number of carboxylic acids is 1. The van der Waals surface area contributed by atoms with E-state index in [2.05, 4.69) is 0 Å². The number of nitrogens with zero attached hydrogens (tertiary/aromatic N) is 1. The molecule has 1 aromatic carbocycles. The molecule has 4 nitrogen and oxygen atoms in total. The van der Waals surface area contributed by atoms with Gasteiger partial charge in [0.05, 0.1) is 11.3 Å². The van der Waals surface area contributed by atoms with Crippen LogP contribution in [0.3, 0.4) is 0 Å². The third-order valence-corrected chi connectivity index (χ3v) is 4.71. The molecule has 1 heterocycles. The Hall–Kier alpha value is -1.55. The molecule has 0 aliphatic carbocycles. The minimum atomic E-state index is -0.833. The van der Waals surface area contributed by atoms with Crippen LogP contribution in [0, 0.1) is 11.8 Å². The molecule has 1 aliphatic heterocycles. The highest BCUT2D eigenvalue weighted by Gasteiger charge is 2.39. The van der Waals surface area contributed by atoms with Crippen LogP contribution in [0.5, 0.6) is 0 Å². The van der Waals surface area contributed by atoms with Gasteiger partial charge in [-0.3, -0.25) is 9.59 Å².